The summed E-state index contributed by atoms with van der Waals surface area (Å²) in [6, 6.07) is 24.9. The van der Waals surface area contributed by atoms with Crippen LogP contribution < -0.4 is 4.90 Å². The molecule has 1 unspecified atom stereocenters. The maximum absolute atomic E-state index is 4.48. The first-order valence-electron chi connectivity index (χ1n) is 9.80. The van der Waals surface area contributed by atoms with Crippen LogP contribution >= 0.6 is 0 Å². The molecule has 0 fully saturated rings. The molecule has 1 aliphatic heterocycles. The quantitative estimate of drug-likeness (QED) is 0.477. The smallest absolute Gasteiger partial charge is 0.114 e. The highest BCUT2D eigenvalue weighted by molar-refractivity contribution is 5.75. The standard InChI is InChI=1S/C22H19N7/c1-4-10-19-16(7-1)20(29-22-12-6-3-9-18(22)24-26-29)13-14-27(19)15-28-21-11-5-2-8-17(21)23-25-28/h1-12,20H,13-15H2. The number of hydrogen-bond acceptors (Lipinski definition) is 5. The Bertz CT molecular complexity index is 1320. The Morgan fingerprint density at radius 1 is 0.759 bits per heavy atom. The molecule has 0 spiro atoms. The van der Waals surface area contributed by atoms with Crippen LogP contribution in [-0.4, -0.2) is 36.5 Å². The molecule has 0 bridgehead atoms. The van der Waals surface area contributed by atoms with E-state index >= 15 is 0 Å². The molecular weight excluding hydrogens is 362 g/mol. The van der Waals surface area contributed by atoms with Crippen molar-refractivity contribution in [3.05, 3.63) is 78.4 Å². The predicted molar refractivity (Wildman–Crippen MR) is 112 cm³/mol. The second-order valence-corrected chi connectivity index (χ2v) is 7.37. The zero-order chi connectivity index (χ0) is 19.2. The molecule has 0 amide bonds. The first kappa shape index (κ1) is 16.2. The SMILES string of the molecule is c1ccc2c(c1)C(n1nnc3ccccc31)CCN2Cn1nnc2ccccc21. The number of aromatic nitrogens is 6. The van der Waals surface area contributed by atoms with Gasteiger partial charge in [-0.15, -0.1) is 10.2 Å². The Morgan fingerprint density at radius 3 is 2.34 bits per heavy atom. The first-order chi connectivity index (χ1) is 14.4. The Labute approximate surface area is 167 Å². The first-order valence-corrected chi connectivity index (χ1v) is 9.80. The van der Waals surface area contributed by atoms with Crippen LogP contribution in [0.15, 0.2) is 72.8 Å². The van der Waals surface area contributed by atoms with Gasteiger partial charge in [-0.3, -0.25) is 0 Å². The molecule has 3 heterocycles. The molecule has 2 aromatic heterocycles. The largest absolute Gasteiger partial charge is 0.352 e. The van der Waals surface area contributed by atoms with E-state index in [0.717, 1.165) is 35.0 Å². The lowest BCUT2D eigenvalue weighted by Crippen LogP contribution is -2.35. The molecule has 29 heavy (non-hydrogen) atoms. The summed E-state index contributed by atoms with van der Waals surface area (Å²) in [6.07, 6.45) is 0.955. The number of para-hydroxylation sites is 3. The Hall–Kier alpha value is -3.74. The van der Waals surface area contributed by atoms with E-state index in [2.05, 4.69) is 66.6 Å². The summed E-state index contributed by atoms with van der Waals surface area (Å²) in [7, 11) is 0. The van der Waals surface area contributed by atoms with Crippen LogP contribution in [0.5, 0.6) is 0 Å². The fourth-order valence-electron chi connectivity index (χ4n) is 4.31. The summed E-state index contributed by atoms with van der Waals surface area (Å²) < 4.78 is 4.04. The van der Waals surface area contributed by atoms with Gasteiger partial charge in [0.25, 0.3) is 0 Å². The summed E-state index contributed by atoms with van der Waals surface area (Å²) >= 11 is 0. The zero-order valence-corrected chi connectivity index (χ0v) is 15.8. The van der Waals surface area contributed by atoms with Crippen LogP contribution in [0, 0.1) is 0 Å². The molecule has 0 aliphatic carbocycles. The van der Waals surface area contributed by atoms with Crippen molar-refractivity contribution in [1.82, 2.24) is 30.0 Å². The average molecular weight is 381 g/mol. The average Bonchev–Trinajstić information content (AvgIpc) is 3.39. The van der Waals surface area contributed by atoms with Crippen molar-refractivity contribution in [2.24, 2.45) is 0 Å². The van der Waals surface area contributed by atoms with Crippen molar-refractivity contribution in [2.45, 2.75) is 19.1 Å². The molecule has 0 N–H and O–H groups in total. The minimum absolute atomic E-state index is 0.169. The van der Waals surface area contributed by atoms with Crippen LogP contribution in [0.25, 0.3) is 22.1 Å². The number of rotatable bonds is 3. The molecule has 6 rings (SSSR count). The molecular formula is C22H19N7. The summed E-state index contributed by atoms with van der Waals surface area (Å²) in [5, 5.41) is 17.5. The van der Waals surface area contributed by atoms with Gasteiger partial charge in [0, 0.05) is 17.8 Å². The van der Waals surface area contributed by atoms with Crippen molar-refractivity contribution in [3.63, 3.8) is 0 Å². The van der Waals surface area contributed by atoms with E-state index in [-0.39, 0.29) is 6.04 Å². The van der Waals surface area contributed by atoms with Crippen LogP contribution in [0.2, 0.25) is 0 Å². The number of fused-ring (bicyclic) bond motifs is 3. The molecule has 0 saturated carbocycles. The molecule has 5 aromatic rings. The third-order valence-electron chi connectivity index (χ3n) is 5.71. The topological polar surface area (TPSA) is 64.7 Å². The normalized spacial score (nSPS) is 16.4. The molecule has 0 saturated heterocycles. The Morgan fingerprint density at radius 2 is 1.45 bits per heavy atom. The van der Waals surface area contributed by atoms with Gasteiger partial charge in [0.05, 0.1) is 17.1 Å². The van der Waals surface area contributed by atoms with Gasteiger partial charge in [-0.05, 0) is 36.8 Å². The molecule has 142 valence electrons. The van der Waals surface area contributed by atoms with Crippen molar-refractivity contribution in [3.8, 4) is 0 Å². The van der Waals surface area contributed by atoms with Crippen LogP contribution in [0.1, 0.15) is 18.0 Å². The van der Waals surface area contributed by atoms with Crippen LogP contribution in [0.4, 0.5) is 5.69 Å². The van der Waals surface area contributed by atoms with E-state index in [0.29, 0.717) is 6.67 Å². The highest BCUT2D eigenvalue weighted by atomic mass is 15.5. The van der Waals surface area contributed by atoms with E-state index in [1.807, 2.05) is 41.1 Å². The summed E-state index contributed by atoms with van der Waals surface area (Å²) in [4.78, 5) is 2.37. The lowest BCUT2D eigenvalue weighted by Gasteiger charge is -2.35. The highest BCUT2D eigenvalue weighted by Gasteiger charge is 2.28. The fourth-order valence-corrected chi connectivity index (χ4v) is 4.31. The summed E-state index contributed by atoms with van der Waals surface area (Å²) in [5.74, 6) is 0. The van der Waals surface area contributed by atoms with Crippen LogP contribution in [0.3, 0.4) is 0 Å². The van der Waals surface area contributed by atoms with Gasteiger partial charge in [-0.2, -0.15) is 0 Å². The van der Waals surface area contributed by atoms with E-state index in [9.17, 15) is 0 Å². The minimum atomic E-state index is 0.169. The third kappa shape index (κ3) is 2.58. The number of nitrogens with zero attached hydrogens (tertiary/aromatic N) is 7. The minimum Gasteiger partial charge on any atom is -0.352 e. The third-order valence-corrected chi connectivity index (χ3v) is 5.71. The predicted octanol–water partition coefficient (Wildman–Crippen LogP) is 3.63. The van der Waals surface area contributed by atoms with Gasteiger partial charge in [-0.25, -0.2) is 9.36 Å². The number of anilines is 1. The van der Waals surface area contributed by atoms with Gasteiger partial charge in [0.1, 0.15) is 17.7 Å². The second kappa shape index (κ2) is 6.41. The second-order valence-electron chi connectivity index (χ2n) is 7.37. The summed E-state index contributed by atoms with van der Waals surface area (Å²) in [6.45, 7) is 1.58. The molecule has 1 aliphatic rings. The van der Waals surface area contributed by atoms with Crippen molar-refractivity contribution in [1.29, 1.82) is 0 Å². The summed E-state index contributed by atoms with van der Waals surface area (Å²) in [5.41, 5.74) is 6.45. The maximum Gasteiger partial charge on any atom is 0.114 e. The molecule has 0 radical (unpaired) electrons. The van der Waals surface area contributed by atoms with Crippen molar-refractivity contribution >= 4 is 27.8 Å². The van der Waals surface area contributed by atoms with Gasteiger partial charge in [-0.1, -0.05) is 52.9 Å². The Balaban J connectivity index is 1.39. The van der Waals surface area contributed by atoms with E-state index < -0.39 is 0 Å². The zero-order valence-electron chi connectivity index (χ0n) is 15.8. The molecule has 7 nitrogen and oxygen atoms in total. The van der Waals surface area contributed by atoms with Gasteiger partial charge >= 0.3 is 0 Å². The van der Waals surface area contributed by atoms with Crippen molar-refractivity contribution in [2.75, 3.05) is 11.4 Å². The van der Waals surface area contributed by atoms with E-state index in [1.165, 1.54) is 11.3 Å². The molecule has 7 heteroatoms. The van der Waals surface area contributed by atoms with E-state index in [4.69, 9.17) is 0 Å². The maximum atomic E-state index is 4.48. The van der Waals surface area contributed by atoms with Gasteiger partial charge in [0.15, 0.2) is 0 Å². The van der Waals surface area contributed by atoms with E-state index in [1.54, 1.807) is 0 Å². The lowest BCUT2D eigenvalue weighted by atomic mass is 9.96. The van der Waals surface area contributed by atoms with Gasteiger partial charge in [0.2, 0.25) is 0 Å². The molecule has 1 atom stereocenters. The Kier molecular flexibility index (Phi) is 3.59. The number of benzene rings is 3. The lowest BCUT2D eigenvalue weighted by molar-refractivity contribution is 0.449. The monoisotopic (exact) mass is 381 g/mol. The van der Waals surface area contributed by atoms with Crippen molar-refractivity contribution < 1.29 is 0 Å². The number of hydrogen-bond donors (Lipinski definition) is 0. The van der Waals surface area contributed by atoms with Crippen LogP contribution in [-0.2, 0) is 6.67 Å². The highest BCUT2D eigenvalue weighted by Crippen LogP contribution is 2.37. The fraction of sp³-hybridized carbons (Fsp3) is 0.182. The van der Waals surface area contributed by atoms with Gasteiger partial charge < -0.3 is 4.90 Å². The molecule has 3 aromatic carbocycles.